The minimum Gasteiger partial charge on any atom is -0.269 e. The van der Waals surface area contributed by atoms with Crippen LogP contribution >= 0.6 is 15.9 Å². The molecule has 17 heavy (non-hydrogen) atoms. The zero-order valence-corrected chi connectivity index (χ0v) is 11.7. The fourth-order valence-electron chi connectivity index (χ4n) is 1.31. The number of fused-ring (bicyclic) bond motifs is 1. The number of rotatable bonds is 3. The number of aromatic nitrogens is 2. The third kappa shape index (κ3) is 2.43. The van der Waals surface area contributed by atoms with Gasteiger partial charge in [-0.25, -0.2) is 4.52 Å². The topological polar surface area (TPSA) is 66.7 Å². The van der Waals surface area contributed by atoms with E-state index in [4.69, 9.17) is 0 Å². The van der Waals surface area contributed by atoms with Gasteiger partial charge in [0, 0.05) is 24.8 Å². The van der Waals surface area contributed by atoms with Crippen molar-refractivity contribution < 1.29 is 8.42 Å². The Labute approximate surface area is 108 Å². The summed E-state index contributed by atoms with van der Waals surface area (Å²) in [4.78, 5) is 0. The van der Waals surface area contributed by atoms with Crippen molar-refractivity contribution in [3.63, 3.8) is 0 Å². The molecule has 0 unspecified atom stereocenters. The molecule has 2 heterocycles. The van der Waals surface area contributed by atoms with E-state index in [1.165, 1.54) is 14.1 Å². The van der Waals surface area contributed by atoms with E-state index in [1.807, 2.05) is 0 Å². The van der Waals surface area contributed by atoms with Crippen molar-refractivity contribution in [2.45, 2.75) is 0 Å². The van der Waals surface area contributed by atoms with E-state index in [1.54, 1.807) is 29.0 Å². The van der Waals surface area contributed by atoms with Gasteiger partial charge < -0.3 is 0 Å². The maximum Gasteiger partial charge on any atom is 0.301 e. The highest BCUT2D eigenvalue weighted by atomic mass is 79.9. The van der Waals surface area contributed by atoms with Crippen LogP contribution in [-0.2, 0) is 10.2 Å². The van der Waals surface area contributed by atoms with E-state index in [0.29, 0.717) is 11.2 Å². The molecule has 0 bridgehead atoms. The Balaban J connectivity index is 2.52. The van der Waals surface area contributed by atoms with Gasteiger partial charge in [-0.05, 0) is 28.1 Å². The SMILES string of the molecule is CN(C)S(=O)(=O)Nc1cc(Br)cn2nccc12. The van der Waals surface area contributed by atoms with Crippen molar-refractivity contribution in [1.82, 2.24) is 13.9 Å². The number of halogens is 1. The highest BCUT2D eigenvalue weighted by Crippen LogP contribution is 2.23. The van der Waals surface area contributed by atoms with Crippen LogP contribution in [0.5, 0.6) is 0 Å². The summed E-state index contributed by atoms with van der Waals surface area (Å²) in [5.74, 6) is 0. The van der Waals surface area contributed by atoms with Crippen LogP contribution in [0.2, 0.25) is 0 Å². The van der Waals surface area contributed by atoms with Crippen molar-refractivity contribution in [3.8, 4) is 0 Å². The Bertz CT molecular complexity index is 650. The summed E-state index contributed by atoms with van der Waals surface area (Å²) in [5.41, 5.74) is 1.17. The summed E-state index contributed by atoms with van der Waals surface area (Å²) in [6.07, 6.45) is 3.36. The number of pyridine rings is 1. The van der Waals surface area contributed by atoms with Crippen LogP contribution in [0.4, 0.5) is 5.69 Å². The van der Waals surface area contributed by atoms with Crippen molar-refractivity contribution >= 4 is 37.3 Å². The van der Waals surface area contributed by atoms with E-state index in [2.05, 4.69) is 25.8 Å². The average molecular weight is 319 g/mol. The summed E-state index contributed by atoms with van der Waals surface area (Å²) in [7, 11) is -0.584. The first-order valence-corrected chi connectivity index (χ1v) is 6.96. The number of hydrogen-bond donors (Lipinski definition) is 1. The lowest BCUT2D eigenvalue weighted by Gasteiger charge is -2.14. The van der Waals surface area contributed by atoms with Crippen LogP contribution in [0.3, 0.4) is 0 Å². The zero-order chi connectivity index (χ0) is 12.6. The summed E-state index contributed by atoms with van der Waals surface area (Å²) in [6.45, 7) is 0. The first-order valence-electron chi connectivity index (χ1n) is 4.73. The van der Waals surface area contributed by atoms with Gasteiger partial charge in [0.25, 0.3) is 0 Å². The molecule has 0 fully saturated rings. The van der Waals surface area contributed by atoms with Gasteiger partial charge in [-0.15, -0.1) is 0 Å². The van der Waals surface area contributed by atoms with Crippen molar-refractivity contribution in [2.75, 3.05) is 18.8 Å². The Hall–Kier alpha value is -1.12. The van der Waals surface area contributed by atoms with Gasteiger partial charge >= 0.3 is 10.2 Å². The van der Waals surface area contributed by atoms with Gasteiger partial charge in [0.05, 0.1) is 17.4 Å². The molecule has 0 amide bonds. The number of anilines is 1. The van der Waals surface area contributed by atoms with Gasteiger partial charge in [0.15, 0.2) is 0 Å². The number of hydrogen-bond acceptors (Lipinski definition) is 3. The molecule has 0 aliphatic heterocycles. The van der Waals surface area contributed by atoms with E-state index < -0.39 is 10.2 Å². The van der Waals surface area contributed by atoms with Crippen molar-refractivity contribution in [2.24, 2.45) is 0 Å². The third-order valence-corrected chi connectivity index (χ3v) is 4.07. The Morgan fingerprint density at radius 3 is 2.82 bits per heavy atom. The monoisotopic (exact) mass is 318 g/mol. The molecule has 8 heteroatoms. The maximum atomic E-state index is 11.7. The van der Waals surface area contributed by atoms with Gasteiger partial charge in [-0.1, -0.05) is 0 Å². The lowest BCUT2D eigenvalue weighted by Crippen LogP contribution is -2.29. The van der Waals surface area contributed by atoms with Gasteiger partial charge in [-0.2, -0.15) is 17.8 Å². The minimum absolute atomic E-state index is 0.477. The largest absolute Gasteiger partial charge is 0.301 e. The van der Waals surface area contributed by atoms with Crippen LogP contribution in [0.1, 0.15) is 0 Å². The second-order valence-corrected chi connectivity index (χ2v) is 6.42. The van der Waals surface area contributed by atoms with Gasteiger partial charge in [0.2, 0.25) is 0 Å². The van der Waals surface area contributed by atoms with Crippen LogP contribution in [-0.4, -0.2) is 36.4 Å². The molecule has 2 rings (SSSR count). The Kier molecular flexibility index (Phi) is 3.11. The summed E-state index contributed by atoms with van der Waals surface area (Å²) >= 11 is 3.30. The number of nitrogens with zero attached hydrogens (tertiary/aromatic N) is 3. The van der Waals surface area contributed by atoms with Crippen LogP contribution in [0.25, 0.3) is 5.52 Å². The highest BCUT2D eigenvalue weighted by molar-refractivity contribution is 9.10. The van der Waals surface area contributed by atoms with Crippen LogP contribution in [0, 0.1) is 0 Å². The lowest BCUT2D eigenvalue weighted by molar-refractivity contribution is 0.527. The summed E-state index contributed by atoms with van der Waals surface area (Å²) in [6, 6.07) is 3.43. The van der Waals surface area contributed by atoms with E-state index in [0.717, 1.165) is 8.78 Å². The standard InChI is InChI=1S/C9H11BrN4O2S/c1-13(2)17(15,16)12-8-5-7(10)6-14-9(8)3-4-11-14/h3-6,12H,1-2H3. The van der Waals surface area contributed by atoms with Crippen LogP contribution < -0.4 is 4.72 Å². The normalized spacial score (nSPS) is 12.2. The fraction of sp³-hybridized carbons (Fsp3) is 0.222. The summed E-state index contributed by atoms with van der Waals surface area (Å²) in [5, 5.41) is 4.05. The number of nitrogens with one attached hydrogen (secondary N) is 1. The highest BCUT2D eigenvalue weighted by Gasteiger charge is 2.15. The second-order valence-electron chi connectivity index (χ2n) is 3.62. The van der Waals surface area contributed by atoms with Gasteiger partial charge in [-0.3, -0.25) is 4.72 Å². The minimum atomic E-state index is -3.52. The van der Waals surface area contributed by atoms with Crippen molar-refractivity contribution in [1.29, 1.82) is 0 Å². The molecule has 0 aliphatic carbocycles. The lowest BCUT2D eigenvalue weighted by atomic mass is 10.3. The maximum absolute atomic E-state index is 11.7. The van der Waals surface area contributed by atoms with E-state index >= 15 is 0 Å². The molecule has 0 atom stereocenters. The van der Waals surface area contributed by atoms with E-state index in [-0.39, 0.29) is 0 Å². The first-order chi connectivity index (χ1) is 7.90. The molecule has 92 valence electrons. The summed E-state index contributed by atoms with van der Waals surface area (Å²) < 4.78 is 29.4. The molecule has 0 aromatic carbocycles. The smallest absolute Gasteiger partial charge is 0.269 e. The quantitative estimate of drug-likeness (QED) is 0.928. The molecule has 2 aromatic heterocycles. The molecule has 0 radical (unpaired) electrons. The Morgan fingerprint density at radius 2 is 2.18 bits per heavy atom. The molecule has 0 saturated heterocycles. The second kappa shape index (κ2) is 4.28. The van der Waals surface area contributed by atoms with Crippen LogP contribution in [0.15, 0.2) is 29.0 Å². The van der Waals surface area contributed by atoms with E-state index in [9.17, 15) is 8.42 Å². The predicted molar refractivity (Wildman–Crippen MR) is 69.1 cm³/mol. The fourth-order valence-corrected chi connectivity index (χ4v) is 2.36. The molecular weight excluding hydrogens is 308 g/mol. The Morgan fingerprint density at radius 1 is 1.47 bits per heavy atom. The third-order valence-electron chi connectivity index (χ3n) is 2.19. The first kappa shape index (κ1) is 12.3. The molecule has 0 aliphatic rings. The molecule has 0 spiro atoms. The molecule has 0 saturated carbocycles. The van der Waals surface area contributed by atoms with Crippen molar-refractivity contribution in [3.05, 3.63) is 29.0 Å². The molecular formula is C9H11BrN4O2S. The zero-order valence-electron chi connectivity index (χ0n) is 9.25. The van der Waals surface area contributed by atoms with Gasteiger partial charge in [0.1, 0.15) is 0 Å². The average Bonchev–Trinajstić information content (AvgIpc) is 2.64. The molecule has 2 aromatic rings. The molecule has 1 N–H and O–H groups in total. The molecule has 6 nitrogen and oxygen atoms in total. The predicted octanol–water partition coefficient (Wildman–Crippen LogP) is 1.32.